The monoisotopic (exact) mass is 408 g/mol. The molecule has 1 heterocycles. The average Bonchev–Trinajstić information content (AvgIpc) is 2.69. The molecule has 1 aliphatic heterocycles. The number of ether oxygens (including phenoxy) is 2. The van der Waals surface area contributed by atoms with Crippen molar-refractivity contribution in [1.82, 2.24) is 0 Å². The summed E-state index contributed by atoms with van der Waals surface area (Å²) in [5, 5.41) is 4.37. The molecule has 27 heavy (non-hydrogen) atoms. The summed E-state index contributed by atoms with van der Waals surface area (Å²) in [7, 11) is 0. The maximum Gasteiger partial charge on any atom is 0.340 e. The van der Waals surface area contributed by atoms with Gasteiger partial charge in [-0.15, -0.1) is 0 Å². The molecule has 0 aliphatic carbocycles. The van der Waals surface area contributed by atoms with Crippen LogP contribution in [0.15, 0.2) is 36.4 Å². The highest BCUT2D eigenvalue weighted by atomic mass is 35.5. The molecule has 0 aromatic heterocycles. The fourth-order valence-corrected chi connectivity index (χ4v) is 3.27. The van der Waals surface area contributed by atoms with Crippen molar-refractivity contribution in [3.8, 4) is 0 Å². The first kappa shape index (κ1) is 19.8. The summed E-state index contributed by atoms with van der Waals surface area (Å²) in [5.74, 6) is -0.322. The summed E-state index contributed by atoms with van der Waals surface area (Å²) in [6.07, 6.45) is 0. The van der Waals surface area contributed by atoms with Crippen molar-refractivity contribution in [3.63, 3.8) is 0 Å². The van der Waals surface area contributed by atoms with Crippen LogP contribution in [-0.2, 0) is 16.0 Å². The summed E-state index contributed by atoms with van der Waals surface area (Å²) in [5.41, 5.74) is 3.26. The van der Waals surface area contributed by atoms with Crippen LogP contribution in [0.25, 0.3) is 0 Å². The van der Waals surface area contributed by atoms with Gasteiger partial charge < -0.3 is 19.7 Å². The normalized spacial score (nSPS) is 14.1. The van der Waals surface area contributed by atoms with Crippen LogP contribution in [0.4, 0.5) is 11.4 Å². The number of nitrogens with one attached hydrogen (secondary N) is 1. The number of rotatable bonds is 6. The van der Waals surface area contributed by atoms with E-state index in [1.165, 1.54) is 0 Å². The fourth-order valence-electron chi connectivity index (χ4n) is 2.95. The van der Waals surface area contributed by atoms with Crippen molar-refractivity contribution in [3.05, 3.63) is 57.6 Å². The number of hydrogen-bond acceptors (Lipinski definition) is 5. The van der Waals surface area contributed by atoms with Crippen LogP contribution in [0.1, 0.15) is 22.8 Å². The fraction of sp³-hybridized carbons (Fsp3) is 0.350. The van der Waals surface area contributed by atoms with Crippen LogP contribution in [0.2, 0.25) is 10.0 Å². The highest BCUT2D eigenvalue weighted by molar-refractivity contribution is 6.42. The smallest absolute Gasteiger partial charge is 0.340 e. The molecular formula is C20H22Cl2N2O3. The zero-order valence-corrected chi connectivity index (χ0v) is 16.6. The van der Waals surface area contributed by atoms with Crippen LogP contribution in [-0.4, -0.2) is 38.9 Å². The summed E-state index contributed by atoms with van der Waals surface area (Å²) < 4.78 is 10.7. The van der Waals surface area contributed by atoms with Gasteiger partial charge >= 0.3 is 5.97 Å². The van der Waals surface area contributed by atoms with Crippen LogP contribution < -0.4 is 10.2 Å². The summed E-state index contributed by atoms with van der Waals surface area (Å²) in [6, 6.07) is 11.3. The van der Waals surface area contributed by atoms with Gasteiger partial charge in [0, 0.05) is 25.3 Å². The molecule has 5 nitrogen and oxygen atoms in total. The second-order valence-corrected chi connectivity index (χ2v) is 6.97. The van der Waals surface area contributed by atoms with Crippen molar-refractivity contribution in [2.75, 3.05) is 43.1 Å². The van der Waals surface area contributed by atoms with Crippen LogP contribution >= 0.6 is 23.2 Å². The van der Waals surface area contributed by atoms with Crippen molar-refractivity contribution >= 4 is 40.5 Å². The second-order valence-electron chi connectivity index (χ2n) is 6.15. The molecule has 7 heteroatoms. The zero-order chi connectivity index (χ0) is 19.2. The Bertz CT molecular complexity index is 808. The Kier molecular flexibility index (Phi) is 6.83. The van der Waals surface area contributed by atoms with E-state index in [-0.39, 0.29) is 5.97 Å². The van der Waals surface area contributed by atoms with Gasteiger partial charge in [0.2, 0.25) is 0 Å². The minimum absolute atomic E-state index is 0.322. The third kappa shape index (κ3) is 5.06. The number of benzene rings is 2. The van der Waals surface area contributed by atoms with Gasteiger partial charge in [-0.1, -0.05) is 29.3 Å². The van der Waals surface area contributed by atoms with Crippen LogP contribution in [0.3, 0.4) is 0 Å². The Labute approximate surface area is 169 Å². The Morgan fingerprint density at radius 3 is 2.63 bits per heavy atom. The maximum atomic E-state index is 12.5. The average molecular weight is 409 g/mol. The second kappa shape index (κ2) is 9.31. The highest BCUT2D eigenvalue weighted by Crippen LogP contribution is 2.27. The van der Waals surface area contributed by atoms with E-state index in [0.717, 1.165) is 30.0 Å². The molecular weight excluding hydrogens is 387 g/mol. The van der Waals surface area contributed by atoms with Gasteiger partial charge in [0.1, 0.15) is 0 Å². The third-order valence-electron chi connectivity index (χ3n) is 4.32. The minimum Gasteiger partial charge on any atom is -0.462 e. The zero-order valence-electron chi connectivity index (χ0n) is 15.1. The van der Waals surface area contributed by atoms with Crippen molar-refractivity contribution < 1.29 is 14.3 Å². The predicted molar refractivity (Wildman–Crippen MR) is 109 cm³/mol. The van der Waals surface area contributed by atoms with E-state index in [1.807, 2.05) is 30.3 Å². The van der Waals surface area contributed by atoms with Crippen LogP contribution in [0.5, 0.6) is 0 Å². The standard InChI is InChI=1S/C20H22Cl2N2O3/c1-2-27-20(25)16-12-15(4-6-19(16)24-7-9-26-10-8-24)23-13-14-3-5-17(21)18(22)11-14/h3-6,11-12,23H,2,7-10,13H2,1H3. The van der Waals surface area contributed by atoms with E-state index < -0.39 is 0 Å². The number of nitrogens with zero attached hydrogens (tertiary/aromatic N) is 1. The predicted octanol–water partition coefficient (Wildman–Crippen LogP) is 4.62. The van der Waals surface area contributed by atoms with Gasteiger partial charge in [-0.2, -0.15) is 0 Å². The molecule has 144 valence electrons. The molecule has 0 radical (unpaired) electrons. The first-order chi connectivity index (χ1) is 13.1. The Hall–Kier alpha value is -1.95. The van der Waals surface area contributed by atoms with E-state index >= 15 is 0 Å². The quantitative estimate of drug-likeness (QED) is 0.706. The molecule has 0 unspecified atom stereocenters. The number of halogens is 2. The van der Waals surface area contributed by atoms with Crippen LogP contribution in [0, 0.1) is 0 Å². The summed E-state index contributed by atoms with van der Waals surface area (Å²) in [4.78, 5) is 14.6. The Morgan fingerprint density at radius 2 is 1.93 bits per heavy atom. The minimum atomic E-state index is -0.322. The molecule has 2 aromatic carbocycles. The van der Waals surface area contributed by atoms with Gasteiger partial charge in [0.15, 0.2) is 0 Å². The first-order valence-electron chi connectivity index (χ1n) is 8.90. The Balaban J connectivity index is 1.80. The van der Waals surface area contributed by atoms with E-state index in [2.05, 4.69) is 10.2 Å². The molecule has 0 bridgehead atoms. The first-order valence-corrected chi connectivity index (χ1v) is 9.65. The molecule has 0 spiro atoms. The lowest BCUT2D eigenvalue weighted by atomic mass is 10.1. The largest absolute Gasteiger partial charge is 0.462 e. The number of anilines is 2. The molecule has 3 rings (SSSR count). The number of carbonyl (C=O) groups excluding carboxylic acids is 1. The van der Waals surface area contributed by atoms with Gasteiger partial charge in [-0.25, -0.2) is 4.79 Å². The maximum absolute atomic E-state index is 12.5. The number of morpholine rings is 1. The molecule has 1 fully saturated rings. The van der Waals surface area contributed by atoms with Gasteiger partial charge in [0.25, 0.3) is 0 Å². The third-order valence-corrected chi connectivity index (χ3v) is 5.06. The van der Waals surface area contributed by atoms with E-state index in [1.54, 1.807) is 13.0 Å². The molecule has 0 amide bonds. The van der Waals surface area contributed by atoms with Gasteiger partial charge in [-0.3, -0.25) is 0 Å². The van der Waals surface area contributed by atoms with Crippen molar-refractivity contribution in [2.45, 2.75) is 13.5 Å². The molecule has 1 aliphatic rings. The topological polar surface area (TPSA) is 50.8 Å². The van der Waals surface area contributed by atoms with Crippen molar-refractivity contribution in [1.29, 1.82) is 0 Å². The summed E-state index contributed by atoms with van der Waals surface area (Å²) >= 11 is 12.0. The van der Waals surface area contributed by atoms with Crippen molar-refractivity contribution in [2.24, 2.45) is 0 Å². The molecule has 1 saturated heterocycles. The van der Waals surface area contributed by atoms with E-state index in [9.17, 15) is 4.79 Å². The van der Waals surface area contributed by atoms with Gasteiger partial charge in [0.05, 0.1) is 41.1 Å². The molecule has 0 saturated carbocycles. The lowest BCUT2D eigenvalue weighted by Crippen LogP contribution is -2.37. The summed E-state index contributed by atoms with van der Waals surface area (Å²) in [6.45, 7) is 5.52. The lowest BCUT2D eigenvalue weighted by Gasteiger charge is -2.30. The number of hydrogen-bond donors (Lipinski definition) is 1. The number of carbonyl (C=O) groups is 1. The SMILES string of the molecule is CCOC(=O)c1cc(NCc2ccc(Cl)c(Cl)c2)ccc1N1CCOCC1. The molecule has 1 N–H and O–H groups in total. The number of esters is 1. The Morgan fingerprint density at radius 1 is 1.15 bits per heavy atom. The molecule has 0 atom stereocenters. The lowest BCUT2D eigenvalue weighted by molar-refractivity contribution is 0.0526. The van der Waals surface area contributed by atoms with E-state index in [4.69, 9.17) is 32.7 Å². The highest BCUT2D eigenvalue weighted by Gasteiger charge is 2.20. The van der Waals surface area contributed by atoms with E-state index in [0.29, 0.717) is 42.0 Å². The van der Waals surface area contributed by atoms with Gasteiger partial charge in [-0.05, 0) is 42.8 Å². The molecule has 2 aromatic rings.